The summed E-state index contributed by atoms with van der Waals surface area (Å²) in [6.45, 7) is 2.52. The first-order chi connectivity index (χ1) is 19.2. The van der Waals surface area contributed by atoms with E-state index in [-0.39, 0.29) is 67.8 Å². The van der Waals surface area contributed by atoms with Gasteiger partial charge in [-0.25, -0.2) is 4.90 Å². The second-order valence-electron chi connectivity index (χ2n) is 10.6. The van der Waals surface area contributed by atoms with Gasteiger partial charge in [0.25, 0.3) is 0 Å². The molecule has 0 spiro atoms. The van der Waals surface area contributed by atoms with Crippen molar-refractivity contribution in [3.05, 3.63) is 35.9 Å². The lowest BCUT2D eigenvalue weighted by atomic mass is 10.0. The number of nitrogens with zero attached hydrogens (tertiary/aromatic N) is 1. The maximum Gasteiger partial charge on any atom is 0.418 e. The molecule has 6 rings (SSSR count). The second-order valence-corrected chi connectivity index (χ2v) is 13.3. The fourth-order valence-electron chi connectivity index (χ4n) is 5.63. The van der Waals surface area contributed by atoms with E-state index in [0.29, 0.717) is 13.0 Å². The smallest absolute Gasteiger partial charge is 0.394 e. The van der Waals surface area contributed by atoms with Gasteiger partial charge < -0.3 is 28.8 Å². The average Bonchev–Trinajstić information content (AvgIpc) is 3.81. The minimum Gasteiger partial charge on any atom is -0.394 e. The quantitative estimate of drug-likeness (QED) is 0.158. The van der Waals surface area contributed by atoms with Crippen molar-refractivity contribution >= 4 is 21.6 Å². The molecule has 0 bridgehead atoms. The molecule has 12 atom stereocenters. The number of hydrogen-bond donors (Lipinski definition) is 4. The molecule has 10 nitrogen and oxygen atoms in total. The van der Waals surface area contributed by atoms with Crippen LogP contribution in [0.3, 0.4) is 0 Å². The summed E-state index contributed by atoms with van der Waals surface area (Å²) in [5.74, 6) is -0.183. The van der Waals surface area contributed by atoms with Crippen LogP contribution in [0.25, 0.3) is 0 Å². The van der Waals surface area contributed by atoms with Crippen LogP contribution < -0.4 is 16.0 Å². The molecular weight excluding hydrogens is 573 g/mol. The first-order valence-electron chi connectivity index (χ1n) is 13.5. The van der Waals surface area contributed by atoms with Crippen LogP contribution in [0, 0.1) is 5.92 Å². The molecule has 5 fully saturated rings. The van der Waals surface area contributed by atoms with E-state index in [1.807, 2.05) is 43.5 Å². The van der Waals surface area contributed by atoms with Gasteiger partial charge in [0.05, 0.1) is 18.9 Å². The Labute approximate surface area is 238 Å². The molecule has 0 amide bonds. The number of alkyl halides is 3. The van der Waals surface area contributed by atoms with Crippen LogP contribution in [0.1, 0.15) is 25.0 Å². The van der Waals surface area contributed by atoms with Gasteiger partial charge in [0, 0.05) is 25.4 Å². The van der Waals surface area contributed by atoms with Crippen LogP contribution in [0.2, 0.25) is 0 Å². The van der Waals surface area contributed by atoms with Gasteiger partial charge in [0.2, 0.25) is 0 Å². The standard InChI is InChI=1S/C25H35F3N4O6S2/c1-12(40-39-2)34-15-8-17(35-16(15)11-33)32-10-14(9-29-22-19(37-22)25(26,27)28)20(31-23-24(32)38-23)30-21-18(36-21)13-6-4-3-5-7-13/h3-7,12,14-24,29-31,33H,8-11H2,1-2H3/t12-,14?,15?,16?,17?,18?,19?,20?,21?,22?,23?,24?/m1/s1. The van der Waals surface area contributed by atoms with Crippen molar-refractivity contribution in [2.24, 2.45) is 5.92 Å². The Morgan fingerprint density at radius 1 is 1.18 bits per heavy atom. The van der Waals surface area contributed by atoms with E-state index >= 15 is 0 Å². The topological polar surface area (TPSA) is 116 Å². The Balaban J connectivity index is 1.13. The summed E-state index contributed by atoms with van der Waals surface area (Å²) in [5, 5.41) is 19.9. The van der Waals surface area contributed by atoms with E-state index in [0.717, 1.165) is 5.56 Å². The number of fused-ring (bicyclic) bond motifs is 1. The highest BCUT2D eigenvalue weighted by molar-refractivity contribution is 8.76. The fraction of sp³-hybridized carbons (Fsp3) is 0.760. The lowest BCUT2D eigenvalue weighted by Gasteiger charge is -2.32. The molecule has 11 unspecified atom stereocenters. The largest absolute Gasteiger partial charge is 0.418 e. The third kappa shape index (κ3) is 6.76. The monoisotopic (exact) mass is 608 g/mol. The molecule has 0 aliphatic carbocycles. The average molecular weight is 609 g/mol. The molecule has 0 radical (unpaired) electrons. The fourth-order valence-corrected chi connectivity index (χ4v) is 7.04. The molecule has 4 N–H and O–H groups in total. The van der Waals surface area contributed by atoms with Gasteiger partial charge in [-0.15, -0.1) is 0 Å². The molecule has 40 heavy (non-hydrogen) atoms. The molecule has 5 saturated heterocycles. The predicted octanol–water partition coefficient (Wildman–Crippen LogP) is 1.93. The Bertz CT molecular complexity index is 1010. The molecule has 5 aliphatic rings. The zero-order valence-electron chi connectivity index (χ0n) is 22.0. The highest BCUT2D eigenvalue weighted by atomic mass is 33.1. The molecule has 224 valence electrons. The Morgan fingerprint density at radius 2 is 1.98 bits per heavy atom. The number of rotatable bonds is 12. The summed E-state index contributed by atoms with van der Waals surface area (Å²) in [7, 11) is 3.20. The van der Waals surface area contributed by atoms with Gasteiger partial charge in [-0.2, -0.15) is 13.2 Å². The number of aliphatic hydroxyl groups excluding tert-OH is 1. The van der Waals surface area contributed by atoms with Gasteiger partial charge in [0.15, 0.2) is 18.6 Å². The number of nitrogens with one attached hydrogen (secondary N) is 3. The van der Waals surface area contributed by atoms with Crippen molar-refractivity contribution in [1.82, 2.24) is 20.9 Å². The third-order valence-corrected chi connectivity index (χ3v) is 9.71. The van der Waals surface area contributed by atoms with Crippen molar-refractivity contribution in [1.29, 1.82) is 0 Å². The zero-order chi connectivity index (χ0) is 28.0. The van der Waals surface area contributed by atoms with Crippen LogP contribution in [-0.2, 0) is 23.7 Å². The first-order valence-corrected chi connectivity index (χ1v) is 16.1. The van der Waals surface area contributed by atoms with Crippen LogP contribution in [0.4, 0.5) is 13.2 Å². The van der Waals surface area contributed by atoms with Crippen LogP contribution >= 0.6 is 21.6 Å². The maximum atomic E-state index is 13.1. The summed E-state index contributed by atoms with van der Waals surface area (Å²) in [6, 6.07) is 9.86. The van der Waals surface area contributed by atoms with E-state index in [1.54, 1.807) is 21.6 Å². The number of epoxide rings is 3. The molecule has 1 aromatic carbocycles. The van der Waals surface area contributed by atoms with Crippen molar-refractivity contribution < 1.29 is 42.0 Å². The first kappa shape index (κ1) is 29.4. The van der Waals surface area contributed by atoms with Gasteiger partial charge in [-0.05, 0) is 18.7 Å². The minimum absolute atomic E-state index is 0.0751. The molecule has 5 aliphatic heterocycles. The molecule has 5 heterocycles. The van der Waals surface area contributed by atoms with Crippen molar-refractivity contribution in [3.8, 4) is 0 Å². The summed E-state index contributed by atoms with van der Waals surface area (Å²) < 4.78 is 68.3. The highest BCUT2D eigenvalue weighted by Gasteiger charge is 2.59. The Hall–Kier alpha value is -0.690. The van der Waals surface area contributed by atoms with Gasteiger partial charge in [-0.1, -0.05) is 51.9 Å². The number of hydrogen-bond acceptors (Lipinski definition) is 12. The molecule has 0 aromatic heterocycles. The van der Waals surface area contributed by atoms with Gasteiger partial charge in [0.1, 0.15) is 36.3 Å². The second kappa shape index (κ2) is 12.1. The van der Waals surface area contributed by atoms with Crippen molar-refractivity contribution in [2.75, 3.05) is 26.0 Å². The third-order valence-electron chi connectivity index (χ3n) is 7.74. The van der Waals surface area contributed by atoms with Crippen molar-refractivity contribution in [2.45, 2.75) is 86.7 Å². The van der Waals surface area contributed by atoms with Crippen LogP contribution in [0.15, 0.2) is 30.3 Å². The van der Waals surface area contributed by atoms with Crippen molar-refractivity contribution in [3.63, 3.8) is 0 Å². The summed E-state index contributed by atoms with van der Waals surface area (Å²) >= 11 is 0. The van der Waals surface area contributed by atoms with Gasteiger partial charge >= 0.3 is 6.18 Å². The van der Waals surface area contributed by atoms with Crippen LogP contribution in [0.5, 0.6) is 0 Å². The molecule has 15 heteroatoms. The van der Waals surface area contributed by atoms with E-state index in [4.69, 9.17) is 23.7 Å². The lowest BCUT2D eigenvalue weighted by Crippen LogP contribution is -2.54. The maximum absolute atomic E-state index is 13.1. The summed E-state index contributed by atoms with van der Waals surface area (Å²) in [5.41, 5.74) is 0.980. The van der Waals surface area contributed by atoms with E-state index in [2.05, 4.69) is 20.9 Å². The van der Waals surface area contributed by atoms with E-state index in [9.17, 15) is 18.3 Å². The number of ether oxygens (including phenoxy) is 5. The SMILES string of the molecule is CSS[C@H](C)OC1CC(N2CC(CNC3OC3C(F)(F)F)C(NC3OC3c3ccccc3)NC3OC32)OC1CO. The molecule has 1 aromatic rings. The summed E-state index contributed by atoms with van der Waals surface area (Å²) in [4.78, 5) is 2.08. The van der Waals surface area contributed by atoms with E-state index in [1.165, 1.54) is 0 Å². The Kier molecular flexibility index (Phi) is 8.91. The number of benzene rings is 1. The summed E-state index contributed by atoms with van der Waals surface area (Å²) in [6.07, 6.45) is -7.07. The predicted molar refractivity (Wildman–Crippen MR) is 141 cm³/mol. The lowest BCUT2D eigenvalue weighted by molar-refractivity contribution is -0.146. The van der Waals surface area contributed by atoms with Gasteiger partial charge in [-0.3, -0.25) is 16.0 Å². The number of aliphatic hydroxyl groups is 1. The molecule has 0 saturated carbocycles. The normalized spacial score (nSPS) is 41.8. The highest BCUT2D eigenvalue weighted by Crippen LogP contribution is 2.41. The molecular formula is C25H35F3N4O6S2. The zero-order valence-corrected chi connectivity index (χ0v) is 23.7. The van der Waals surface area contributed by atoms with E-state index < -0.39 is 24.6 Å². The Morgan fingerprint density at radius 3 is 2.67 bits per heavy atom. The number of halogens is 3. The van der Waals surface area contributed by atoms with Crippen LogP contribution in [-0.4, -0.2) is 103 Å². The minimum atomic E-state index is -4.40.